The molecular weight excluding hydrogens is 252 g/mol. The molecule has 1 aromatic carbocycles. The molecule has 0 fully saturated rings. The fourth-order valence-corrected chi connectivity index (χ4v) is 2.61. The zero-order valence-electron chi connectivity index (χ0n) is 10.9. The number of sulfonamides is 1. The van der Waals surface area contributed by atoms with Crippen molar-refractivity contribution in [2.45, 2.75) is 37.8 Å². The molecule has 0 aliphatic rings. The van der Waals surface area contributed by atoms with Crippen LogP contribution in [0.15, 0.2) is 29.2 Å². The molecule has 5 nitrogen and oxygen atoms in total. The summed E-state index contributed by atoms with van der Waals surface area (Å²) in [6, 6.07) is 6.03. The molecule has 0 spiro atoms. The van der Waals surface area contributed by atoms with Gasteiger partial charge in [-0.2, -0.15) is 0 Å². The Hall–Kier alpha value is -1.11. The molecule has 0 radical (unpaired) electrons. The minimum Gasteiger partial charge on any atom is -0.491 e. The molecule has 0 aliphatic heterocycles. The maximum Gasteiger partial charge on any atom is 0.240 e. The maximum absolute atomic E-state index is 11.9. The lowest BCUT2D eigenvalue weighted by Crippen LogP contribution is -2.37. The zero-order chi connectivity index (χ0) is 13.8. The van der Waals surface area contributed by atoms with Crippen LogP contribution in [-0.4, -0.2) is 27.1 Å². The normalized spacial score (nSPS) is 13.6. The van der Waals surface area contributed by atoms with Crippen LogP contribution < -0.4 is 15.2 Å². The highest BCUT2D eigenvalue weighted by molar-refractivity contribution is 7.89. The van der Waals surface area contributed by atoms with E-state index >= 15 is 0 Å². The number of nitrogens with one attached hydrogen (secondary N) is 1. The maximum atomic E-state index is 11.9. The van der Waals surface area contributed by atoms with E-state index < -0.39 is 10.0 Å². The van der Waals surface area contributed by atoms with Crippen LogP contribution in [0.3, 0.4) is 0 Å². The Morgan fingerprint density at radius 1 is 1.22 bits per heavy atom. The van der Waals surface area contributed by atoms with E-state index in [0.29, 0.717) is 5.75 Å². The van der Waals surface area contributed by atoms with Gasteiger partial charge in [-0.1, -0.05) is 0 Å². The fraction of sp³-hybridized carbons (Fsp3) is 0.500. The Labute approximate surface area is 108 Å². The van der Waals surface area contributed by atoms with Crippen molar-refractivity contribution in [1.29, 1.82) is 0 Å². The Morgan fingerprint density at radius 3 is 2.22 bits per heavy atom. The van der Waals surface area contributed by atoms with E-state index in [1.165, 1.54) is 12.1 Å². The summed E-state index contributed by atoms with van der Waals surface area (Å²) in [4.78, 5) is 0.207. The quantitative estimate of drug-likeness (QED) is 0.812. The van der Waals surface area contributed by atoms with Gasteiger partial charge >= 0.3 is 0 Å². The molecule has 0 bridgehead atoms. The fourth-order valence-electron chi connectivity index (χ4n) is 1.35. The standard InChI is InChI=1S/C12H20N2O3S/c1-9(2)17-11-4-6-12(7-5-11)18(15,16)14-10(3)8-13/h4-7,9-10,14H,8,13H2,1-3H3. The van der Waals surface area contributed by atoms with E-state index in [0.717, 1.165) is 0 Å². The van der Waals surface area contributed by atoms with E-state index in [2.05, 4.69) is 4.72 Å². The van der Waals surface area contributed by atoms with Gasteiger partial charge in [0.1, 0.15) is 5.75 Å². The highest BCUT2D eigenvalue weighted by Gasteiger charge is 2.16. The van der Waals surface area contributed by atoms with Gasteiger partial charge in [0.05, 0.1) is 11.0 Å². The summed E-state index contributed by atoms with van der Waals surface area (Å²) in [7, 11) is -3.50. The van der Waals surface area contributed by atoms with E-state index in [1.54, 1.807) is 19.1 Å². The lowest BCUT2D eigenvalue weighted by Gasteiger charge is -2.13. The number of hydrogen-bond acceptors (Lipinski definition) is 4. The van der Waals surface area contributed by atoms with E-state index in [9.17, 15) is 8.42 Å². The van der Waals surface area contributed by atoms with Crippen molar-refractivity contribution in [3.63, 3.8) is 0 Å². The van der Waals surface area contributed by atoms with Crippen molar-refractivity contribution in [3.8, 4) is 5.75 Å². The zero-order valence-corrected chi connectivity index (χ0v) is 11.7. The van der Waals surface area contributed by atoms with Gasteiger partial charge in [-0.3, -0.25) is 0 Å². The Bertz CT molecular complexity index is 469. The molecular formula is C12H20N2O3S. The topological polar surface area (TPSA) is 81.4 Å². The summed E-state index contributed by atoms with van der Waals surface area (Å²) in [5.74, 6) is 0.649. The second kappa shape index (κ2) is 6.17. The highest BCUT2D eigenvalue weighted by atomic mass is 32.2. The molecule has 1 unspecified atom stereocenters. The van der Waals surface area contributed by atoms with E-state index in [-0.39, 0.29) is 23.6 Å². The third-order valence-electron chi connectivity index (χ3n) is 2.22. The van der Waals surface area contributed by atoms with Crippen LogP contribution in [0.5, 0.6) is 5.75 Å². The molecule has 0 heterocycles. The summed E-state index contributed by atoms with van der Waals surface area (Å²) >= 11 is 0. The van der Waals surface area contributed by atoms with E-state index in [4.69, 9.17) is 10.5 Å². The molecule has 0 aromatic heterocycles. The summed E-state index contributed by atoms with van der Waals surface area (Å²) in [6.45, 7) is 5.80. The van der Waals surface area contributed by atoms with Gasteiger partial charge in [0, 0.05) is 12.6 Å². The third kappa shape index (κ3) is 4.29. The van der Waals surface area contributed by atoms with Crippen LogP contribution in [0.4, 0.5) is 0 Å². The van der Waals surface area contributed by atoms with Gasteiger partial charge in [0.2, 0.25) is 10.0 Å². The molecule has 1 rings (SSSR count). The van der Waals surface area contributed by atoms with Gasteiger partial charge in [0.25, 0.3) is 0 Å². The third-order valence-corrected chi connectivity index (χ3v) is 3.82. The smallest absolute Gasteiger partial charge is 0.240 e. The lowest BCUT2D eigenvalue weighted by molar-refractivity contribution is 0.242. The highest BCUT2D eigenvalue weighted by Crippen LogP contribution is 2.17. The molecule has 0 aliphatic carbocycles. The number of nitrogens with two attached hydrogens (primary N) is 1. The van der Waals surface area contributed by atoms with Crippen molar-refractivity contribution in [3.05, 3.63) is 24.3 Å². The average molecular weight is 272 g/mol. The summed E-state index contributed by atoms with van der Waals surface area (Å²) in [5, 5.41) is 0. The lowest BCUT2D eigenvalue weighted by atomic mass is 10.3. The summed E-state index contributed by atoms with van der Waals surface area (Å²) < 4.78 is 31.8. The van der Waals surface area contributed by atoms with Gasteiger partial charge in [-0.05, 0) is 45.0 Å². The number of ether oxygens (including phenoxy) is 1. The summed E-state index contributed by atoms with van der Waals surface area (Å²) in [5.41, 5.74) is 5.39. The van der Waals surface area contributed by atoms with Crippen molar-refractivity contribution in [2.75, 3.05) is 6.54 Å². The number of hydrogen-bond donors (Lipinski definition) is 2. The van der Waals surface area contributed by atoms with Crippen molar-refractivity contribution < 1.29 is 13.2 Å². The monoisotopic (exact) mass is 272 g/mol. The second-order valence-corrected chi connectivity index (χ2v) is 6.11. The molecule has 102 valence electrons. The van der Waals surface area contributed by atoms with Gasteiger partial charge < -0.3 is 10.5 Å². The van der Waals surface area contributed by atoms with E-state index in [1.807, 2.05) is 13.8 Å². The van der Waals surface area contributed by atoms with Crippen LogP contribution in [0.25, 0.3) is 0 Å². The molecule has 0 saturated carbocycles. The Balaban J connectivity index is 2.84. The van der Waals surface area contributed by atoms with Crippen LogP contribution in [-0.2, 0) is 10.0 Å². The minimum absolute atomic E-state index is 0.0582. The molecule has 6 heteroatoms. The first-order valence-electron chi connectivity index (χ1n) is 5.84. The predicted molar refractivity (Wildman–Crippen MR) is 71.0 cm³/mol. The first-order valence-corrected chi connectivity index (χ1v) is 7.32. The Morgan fingerprint density at radius 2 is 1.78 bits per heavy atom. The van der Waals surface area contributed by atoms with Crippen LogP contribution >= 0.6 is 0 Å². The molecule has 1 atom stereocenters. The first-order chi connectivity index (χ1) is 8.35. The van der Waals surface area contributed by atoms with Gasteiger partial charge in [-0.15, -0.1) is 0 Å². The average Bonchev–Trinajstić information content (AvgIpc) is 2.28. The largest absolute Gasteiger partial charge is 0.491 e. The molecule has 3 N–H and O–H groups in total. The van der Waals surface area contributed by atoms with Crippen LogP contribution in [0.2, 0.25) is 0 Å². The molecule has 18 heavy (non-hydrogen) atoms. The summed E-state index contributed by atoms with van der Waals surface area (Å²) in [6.07, 6.45) is 0.0582. The molecule has 0 amide bonds. The molecule has 1 aromatic rings. The minimum atomic E-state index is -3.50. The number of rotatable bonds is 6. The predicted octanol–water partition coefficient (Wildman–Crippen LogP) is 1.10. The Kier molecular flexibility index (Phi) is 5.13. The van der Waals surface area contributed by atoms with Crippen molar-refractivity contribution >= 4 is 10.0 Å². The first kappa shape index (κ1) is 14.9. The number of benzene rings is 1. The van der Waals surface area contributed by atoms with Gasteiger partial charge in [0.15, 0.2) is 0 Å². The second-order valence-electron chi connectivity index (χ2n) is 4.40. The van der Waals surface area contributed by atoms with Crippen molar-refractivity contribution in [1.82, 2.24) is 4.72 Å². The van der Waals surface area contributed by atoms with Crippen molar-refractivity contribution in [2.24, 2.45) is 5.73 Å². The van der Waals surface area contributed by atoms with Crippen LogP contribution in [0.1, 0.15) is 20.8 Å². The molecule has 0 saturated heterocycles. The SMILES string of the molecule is CC(CN)NS(=O)(=O)c1ccc(OC(C)C)cc1. The van der Waals surface area contributed by atoms with Crippen LogP contribution in [0, 0.1) is 0 Å². The van der Waals surface area contributed by atoms with Gasteiger partial charge in [-0.25, -0.2) is 13.1 Å².